The van der Waals surface area contributed by atoms with Gasteiger partial charge in [0, 0.05) is 22.0 Å². The molecular weight excluding hydrogens is 739 g/mol. The Hall–Kier alpha value is -7.94. The molecule has 0 radical (unpaired) electrons. The molecule has 286 valence electrons. The van der Waals surface area contributed by atoms with Crippen molar-refractivity contribution in [3.8, 4) is 33.4 Å². The summed E-state index contributed by atoms with van der Waals surface area (Å²) in [4.78, 5) is 2.43. The highest BCUT2D eigenvalue weighted by molar-refractivity contribution is 6.11. The molecule has 10 aromatic carbocycles. The summed E-state index contributed by atoms with van der Waals surface area (Å²) in [7, 11) is 0. The maximum absolute atomic E-state index is 6.85. The van der Waals surface area contributed by atoms with Crippen molar-refractivity contribution in [2.24, 2.45) is 0 Å². The maximum Gasteiger partial charge on any atom is 0.159 e. The Morgan fingerprint density at radius 2 is 0.918 bits per heavy atom. The lowest BCUT2D eigenvalue weighted by Crippen LogP contribution is -2.28. The molecule has 1 aromatic heterocycles. The van der Waals surface area contributed by atoms with E-state index in [4.69, 9.17) is 4.42 Å². The third kappa shape index (κ3) is 5.43. The summed E-state index contributed by atoms with van der Waals surface area (Å²) in [5, 5.41) is 4.69. The number of furan rings is 1. The van der Waals surface area contributed by atoms with Gasteiger partial charge in [-0.2, -0.15) is 0 Å². The minimum absolute atomic E-state index is 0.536. The second kappa shape index (κ2) is 14.1. The molecule has 0 fully saturated rings. The van der Waals surface area contributed by atoms with Gasteiger partial charge in [-0.25, -0.2) is 0 Å². The molecule has 0 aliphatic heterocycles. The van der Waals surface area contributed by atoms with E-state index < -0.39 is 5.41 Å². The van der Waals surface area contributed by atoms with Crippen LogP contribution in [-0.4, -0.2) is 0 Å². The number of fused-ring (bicyclic) bond motifs is 7. The summed E-state index contributed by atoms with van der Waals surface area (Å²) in [6.45, 7) is 0. The van der Waals surface area contributed by atoms with Crippen molar-refractivity contribution in [3.63, 3.8) is 0 Å². The van der Waals surface area contributed by atoms with Gasteiger partial charge in [0.25, 0.3) is 0 Å². The van der Waals surface area contributed by atoms with Gasteiger partial charge in [0.2, 0.25) is 0 Å². The zero-order valence-electron chi connectivity index (χ0n) is 33.4. The van der Waals surface area contributed by atoms with E-state index >= 15 is 0 Å². The quantitative estimate of drug-likeness (QED) is 0.160. The Bertz CT molecular complexity index is 3390. The van der Waals surface area contributed by atoms with Gasteiger partial charge in [-0.3, -0.25) is 0 Å². The van der Waals surface area contributed by atoms with Gasteiger partial charge in [0.05, 0.1) is 16.8 Å². The molecule has 0 spiro atoms. The maximum atomic E-state index is 6.85. The molecule has 12 rings (SSSR count). The fourth-order valence-electron chi connectivity index (χ4n) is 10.1. The molecule has 2 heteroatoms. The molecule has 0 unspecified atom stereocenters. The third-order valence-corrected chi connectivity index (χ3v) is 12.7. The van der Waals surface area contributed by atoms with Gasteiger partial charge in [-0.05, 0) is 97.2 Å². The van der Waals surface area contributed by atoms with E-state index in [-0.39, 0.29) is 0 Å². The van der Waals surface area contributed by atoms with Crippen molar-refractivity contribution in [1.82, 2.24) is 0 Å². The van der Waals surface area contributed by atoms with Crippen LogP contribution in [0.2, 0.25) is 0 Å². The number of hydrogen-bond acceptors (Lipinski definition) is 2. The fourth-order valence-corrected chi connectivity index (χ4v) is 10.1. The minimum atomic E-state index is -0.536. The zero-order valence-corrected chi connectivity index (χ0v) is 33.4. The number of rotatable bonds is 7. The van der Waals surface area contributed by atoms with Crippen molar-refractivity contribution in [1.29, 1.82) is 0 Å². The minimum Gasteiger partial charge on any atom is -0.454 e. The average molecular weight is 778 g/mol. The first-order chi connectivity index (χ1) is 30.3. The smallest absolute Gasteiger partial charge is 0.159 e. The molecule has 0 atom stereocenters. The van der Waals surface area contributed by atoms with Crippen molar-refractivity contribution >= 4 is 49.8 Å². The highest BCUT2D eigenvalue weighted by Crippen LogP contribution is 2.60. The predicted octanol–water partition coefficient (Wildman–Crippen LogP) is 15.9. The lowest BCUT2D eigenvalue weighted by Gasteiger charge is -2.34. The van der Waals surface area contributed by atoms with E-state index in [9.17, 15) is 0 Å². The number of hydrogen-bond donors (Lipinski definition) is 0. The molecular formula is C59H39NO. The Labute approximate surface area is 355 Å². The van der Waals surface area contributed by atoms with Crippen LogP contribution >= 0.6 is 0 Å². The van der Waals surface area contributed by atoms with E-state index in [1.807, 2.05) is 6.07 Å². The SMILES string of the molecule is c1ccc(C2(c3ccccc3)c3ccccc3-c3c(N(c4cccc(-c5cccc(-c6cccc7ccccc67)c5)c4)c4cccc5c4oc4ccccc45)cccc32)cc1. The van der Waals surface area contributed by atoms with Crippen LogP contribution in [0.15, 0.2) is 241 Å². The number of benzene rings is 10. The topological polar surface area (TPSA) is 16.4 Å². The monoisotopic (exact) mass is 777 g/mol. The first kappa shape index (κ1) is 35.0. The van der Waals surface area contributed by atoms with E-state index in [0.717, 1.165) is 50.1 Å². The molecule has 2 nitrogen and oxygen atoms in total. The third-order valence-electron chi connectivity index (χ3n) is 12.7. The first-order valence-corrected chi connectivity index (χ1v) is 21.0. The molecule has 1 aliphatic carbocycles. The largest absolute Gasteiger partial charge is 0.454 e. The predicted molar refractivity (Wildman–Crippen MR) is 254 cm³/mol. The second-order valence-electron chi connectivity index (χ2n) is 16.0. The van der Waals surface area contributed by atoms with Gasteiger partial charge in [0.1, 0.15) is 5.58 Å². The van der Waals surface area contributed by atoms with Gasteiger partial charge in [-0.15, -0.1) is 0 Å². The van der Waals surface area contributed by atoms with Gasteiger partial charge in [-0.1, -0.05) is 200 Å². The summed E-state index contributed by atoms with van der Waals surface area (Å²) in [5.41, 5.74) is 16.5. The summed E-state index contributed by atoms with van der Waals surface area (Å²) in [5.74, 6) is 0. The molecule has 0 bridgehead atoms. The van der Waals surface area contributed by atoms with E-state index in [1.165, 1.54) is 55.3 Å². The van der Waals surface area contributed by atoms with Crippen LogP contribution in [-0.2, 0) is 5.41 Å². The lowest BCUT2D eigenvalue weighted by atomic mass is 9.68. The van der Waals surface area contributed by atoms with Crippen LogP contribution in [0.3, 0.4) is 0 Å². The number of anilines is 3. The second-order valence-corrected chi connectivity index (χ2v) is 16.0. The van der Waals surface area contributed by atoms with Gasteiger partial charge in [0.15, 0.2) is 5.58 Å². The first-order valence-electron chi connectivity index (χ1n) is 21.0. The van der Waals surface area contributed by atoms with Gasteiger partial charge < -0.3 is 9.32 Å². The van der Waals surface area contributed by atoms with Crippen molar-refractivity contribution in [2.45, 2.75) is 5.41 Å². The standard InChI is InChI=1S/C59H39NO/c1-3-23-44(24-4-1)59(45-25-5-2-6-26-45)52-33-11-9-30-51(52)57-53(59)34-17-35-54(57)60(55-36-16-32-50-49-29-10-12-37-56(49)61-58(50)55)46-27-14-21-42(39-46)41-20-13-22-43(38-41)48-31-15-19-40-18-7-8-28-47(40)48/h1-39H. The number of nitrogens with zero attached hydrogens (tertiary/aromatic N) is 1. The van der Waals surface area contributed by atoms with Crippen LogP contribution in [0.25, 0.3) is 66.1 Å². The van der Waals surface area contributed by atoms with Crippen molar-refractivity contribution in [3.05, 3.63) is 259 Å². The van der Waals surface area contributed by atoms with Crippen LogP contribution < -0.4 is 4.90 Å². The molecule has 0 amide bonds. The highest BCUT2D eigenvalue weighted by Gasteiger charge is 2.47. The molecule has 0 saturated heterocycles. The molecule has 0 saturated carbocycles. The Balaban J connectivity index is 1.12. The number of para-hydroxylation sites is 2. The lowest BCUT2D eigenvalue weighted by molar-refractivity contribution is 0.669. The van der Waals surface area contributed by atoms with E-state index in [0.29, 0.717) is 0 Å². The summed E-state index contributed by atoms with van der Waals surface area (Å²) in [6.07, 6.45) is 0. The summed E-state index contributed by atoms with van der Waals surface area (Å²) < 4.78 is 6.85. The van der Waals surface area contributed by atoms with Crippen LogP contribution in [0, 0.1) is 0 Å². The highest BCUT2D eigenvalue weighted by atomic mass is 16.3. The van der Waals surface area contributed by atoms with Crippen LogP contribution in [0.1, 0.15) is 22.3 Å². The van der Waals surface area contributed by atoms with E-state index in [1.54, 1.807) is 0 Å². The Morgan fingerprint density at radius 1 is 0.361 bits per heavy atom. The van der Waals surface area contributed by atoms with Gasteiger partial charge >= 0.3 is 0 Å². The van der Waals surface area contributed by atoms with Crippen LogP contribution in [0.5, 0.6) is 0 Å². The molecule has 11 aromatic rings. The summed E-state index contributed by atoms with van der Waals surface area (Å²) in [6, 6.07) is 86.0. The van der Waals surface area contributed by atoms with E-state index in [2.05, 4.69) is 235 Å². The zero-order chi connectivity index (χ0) is 40.3. The molecule has 1 aliphatic rings. The molecule has 61 heavy (non-hydrogen) atoms. The normalized spacial score (nSPS) is 12.7. The van der Waals surface area contributed by atoms with Crippen molar-refractivity contribution in [2.75, 3.05) is 4.90 Å². The fraction of sp³-hybridized carbons (Fsp3) is 0.0169. The summed E-state index contributed by atoms with van der Waals surface area (Å²) >= 11 is 0. The average Bonchev–Trinajstić information content (AvgIpc) is 3.87. The Kier molecular flexibility index (Phi) is 8.11. The van der Waals surface area contributed by atoms with Crippen molar-refractivity contribution < 1.29 is 4.42 Å². The van der Waals surface area contributed by atoms with Crippen LogP contribution in [0.4, 0.5) is 17.1 Å². The molecule has 0 N–H and O–H groups in total. The molecule has 1 heterocycles. The Morgan fingerprint density at radius 3 is 1.75 bits per heavy atom.